The number of nitrogens with zero attached hydrogens (tertiary/aromatic N) is 3. The van der Waals surface area contributed by atoms with E-state index in [0.29, 0.717) is 29.7 Å². The molecule has 3 heterocycles. The highest BCUT2D eigenvalue weighted by Crippen LogP contribution is 2.28. The predicted molar refractivity (Wildman–Crippen MR) is 142 cm³/mol. The lowest BCUT2D eigenvalue weighted by atomic mass is 10.1. The number of likely N-dealkylation sites (tertiary alicyclic amines) is 1. The van der Waals surface area contributed by atoms with Gasteiger partial charge < -0.3 is 24.8 Å². The van der Waals surface area contributed by atoms with Crippen molar-refractivity contribution in [1.29, 1.82) is 0 Å². The highest BCUT2D eigenvalue weighted by Gasteiger charge is 2.40. The number of hydrogen-bond acceptors (Lipinski definition) is 9. The molecule has 5 rings (SSSR count). The van der Waals surface area contributed by atoms with Crippen LogP contribution in [-0.2, 0) is 14.4 Å². The van der Waals surface area contributed by atoms with Gasteiger partial charge in [0.25, 0.3) is 11.8 Å². The second-order valence-electron chi connectivity index (χ2n) is 10.5. The van der Waals surface area contributed by atoms with Crippen molar-refractivity contribution in [2.75, 3.05) is 25.0 Å². The molecule has 0 unspecified atom stereocenters. The maximum atomic E-state index is 13.0. The van der Waals surface area contributed by atoms with Gasteiger partial charge in [-0.15, -0.1) is 5.06 Å². The summed E-state index contributed by atoms with van der Waals surface area (Å²) in [5.74, 6) is -1.13. The van der Waals surface area contributed by atoms with E-state index in [1.807, 2.05) is 0 Å². The summed E-state index contributed by atoms with van der Waals surface area (Å²) in [6, 6.07) is 13.3. The van der Waals surface area contributed by atoms with Crippen LogP contribution in [0.1, 0.15) is 41.5 Å². The highest BCUT2D eigenvalue weighted by atomic mass is 16.7. The molecule has 1 atom stereocenters. The Labute approximate surface area is 229 Å². The van der Waals surface area contributed by atoms with Gasteiger partial charge in [-0.2, -0.15) is 0 Å². The summed E-state index contributed by atoms with van der Waals surface area (Å²) in [5.41, 5.74) is -0.481. The van der Waals surface area contributed by atoms with Crippen LogP contribution in [0, 0.1) is 0 Å². The minimum absolute atomic E-state index is 0.0426. The average molecular weight is 549 g/mol. The van der Waals surface area contributed by atoms with Crippen LogP contribution < -0.4 is 10.1 Å². The molecular weight excluding hydrogens is 520 g/mol. The molecule has 0 saturated carbocycles. The third-order valence-electron chi connectivity index (χ3n) is 6.29. The van der Waals surface area contributed by atoms with Gasteiger partial charge in [-0.3, -0.25) is 9.59 Å². The first kappa shape index (κ1) is 26.9. The van der Waals surface area contributed by atoms with Crippen molar-refractivity contribution in [2.45, 2.75) is 38.5 Å². The van der Waals surface area contributed by atoms with Crippen molar-refractivity contribution in [1.82, 2.24) is 14.9 Å². The Morgan fingerprint density at radius 2 is 1.75 bits per heavy atom. The van der Waals surface area contributed by atoms with E-state index in [9.17, 15) is 19.2 Å². The lowest BCUT2D eigenvalue weighted by molar-refractivity contribution is -0.193. The third-order valence-corrected chi connectivity index (χ3v) is 6.29. The number of carbonyl (C=O) groups excluding carboxylic acids is 3. The van der Waals surface area contributed by atoms with Gasteiger partial charge in [0.05, 0.1) is 17.2 Å². The molecule has 0 radical (unpaired) electrons. The molecule has 1 fully saturated rings. The van der Waals surface area contributed by atoms with E-state index in [4.69, 9.17) is 19.4 Å². The first-order chi connectivity index (χ1) is 19.0. The van der Waals surface area contributed by atoms with E-state index in [0.717, 1.165) is 10.8 Å². The van der Waals surface area contributed by atoms with Crippen molar-refractivity contribution in [3.8, 4) is 5.75 Å². The summed E-state index contributed by atoms with van der Waals surface area (Å²) in [7, 11) is 0. The molecule has 2 N–H and O–H groups in total. The molecule has 208 valence electrons. The number of anilines is 1. The topological polar surface area (TPSA) is 148 Å². The van der Waals surface area contributed by atoms with Gasteiger partial charge in [-0.25, -0.2) is 19.4 Å². The number of esters is 1. The van der Waals surface area contributed by atoms with Gasteiger partial charge in [0, 0.05) is 24.7 Å². The lowest BCUT2D eigenvalue weighted by Gasteiger charge is -2.37. The molecule has 0 bridgehead atoms. The molecule has 3 aromatic rings. The number of amides is 3. The molecule has 0 spiro atoms. The quantitative estimate of drug-likeness (QED) is 0.317. The molecule has 1 aromatic heterocycles. The Hall–Kier alpha value is -4.71. The van der Waals surface area contributed by atoms with E-state index in [2.05, 4.69) is 10.3 Å². The second kappa shape index (κ2) is 10.5. The number of imide groups is 1. The van der Waals surface area contributed by atoms with Crippen molar-refractivity contribution >= 4 is 40.5 Å². The van der Waals surface area contributed by atoms with Crippen LogP contribution in [-0.4, -0.2) is 81.4 Å². The zero-order valence-corrected chi connectivity index (χ0v) is 22.1. The Bertz CT molecular complexity index is 1460. The minimum atomic E-state index is -1.41. The smallest absolute Gasteiger partial charge is 0.407 e. The molecule has 2 aromatic carbocycles. The maximum absolute atomic E-state index is 13.0. The minimum Gasteiger partial charge on any atom is -0.490 e. The van der Waals surface area contributed by atoms with Crippen LogP contribution in [0.4, 0.5) is 10.6 Å². The summed E-state index contributed by atoms with van der Waals surface area (Å²) >= 11 is 0. The molecule has 2 aliphatic rings. The molecule has 12 heteroatoms. The molecule has 40 heavy (non-hydrogen) atoms. The van der Waals surface area contributed by atoms with Gasteiger partial charge >= 0.3 is 12.1 Å². The van der Waals surface area contributed by atoms with Gasteiger partial charge in [-0.1, -0.05) is 12.1 Å². The first-order valence-corrected chi connectivity index (χ1v) is 12.6. The molecule has 1 saturated heterocycles. The van der Waals surface area contributed by atoms with E-state index >= 15 is 0 Å². The zero-order valence-electron chi connectivity index (χ0n) is 22.1. The Balaban J connectivity index is 1.30. The van der Waals surface area contributed by atoms with Crippen LogP contribution >= 0.6 is 0 Å². The van der Waals surface area contributed by atoms with Gasteiger partial charge in [0.1, 0.15) is 23.8 Å². The number of carbonyl (C=O) groups is 4. The monoisotopic (exact) mass is 548 g/mol. The fourth-order valence-electron chi connectivity index (χ4n) is 4.35. The van der Waals surface area contributed by atoms with Crippen molar-refractivity contribution in [2.24, 2.45) is 0 Å². The fraction of sp³-hybridized carbons (Fsp3) is 0.321. The average Bonchev–Trinajstić information content (AvgIpc) is 3.11. The molecule has 12 nitrogen and oxygen atoms in total. The highest BCUT2D eigenvalue weighted by molar-refractivity contribution is 6.20. The standard InChI is InChI=1S/C28H28N4O8/c1-28(2,3)39-26(35)22(40-32-24(33)20-6-4-5-7-21(20)25(32)34)15-38-18-8-9-19-16(12-18)10-11-29-23(19)30-17-13-31(14-17)27(36)37/h4-12,17,22H,13-15H2,1-3H3,(H,29,30)(H,36,37)/t22-/m0/s1. The number of fused-ring (bicyclic) bond motifs is 2. The second-order valence-corrected chi connectivity index (χ2v) is 10.5. The van der Waals surface area contributed by atoms with Crippen molar-refractivity contribution in [3.05, 3.63) is 65.9 Å². The van der Waals surface area contributed by atoms with Crippen LogP contribution in [0.3, 0.4) is 0 Å². The molecule has 2 aliphatic heterocycles. The van der Waals surface area contributed by atoms with Crippen molar-refractivity contribution < 1.29 is 38.6 Å². The SMILES string of the molecule is CC(C)(C)OC(=O)[C@H](COc1ccc2c(NC3CN(C(=O)O)C3)nccc2c1)ON1C(=O)c2ccccc2C1=O. The molecule has 0 aliphatic carbocycles. The van der Waals surface area contributed by atoms with Crippen molar-refractivity contribution in [3.63, 3.8) is 0 Å². The summed E-state index contributed by atoms with van der Waals surface area (Å²) < 4.78 is 11.3. The summed E-state index contributed by atoms with van der Waals surface area (Å²) in [4.78, 5) is 60.9. The van der Waals surface area contributed by atoms with E-state index in [-0.39, 0.29) is 23.8 Å². The van der Waals surface area contributed by atoms with Gasteiger partial charge in [0.2, 0.25) is 6.10 Å². The zero-order chi connectivity index (χ0) is 28.6. The fourth-order valence-corrected chi connectivity index (χ4v) is 4.35. The normalized spacial score (nSPS) is 16.0. The summed E-state index contributed by atoms with van der Waals surface area (Å²) in [6.07, 6.45) is -0.748. The third kappa shape index (κ3) is 5.52. The van der Waals surface area contributed by atoms with Crippen LogP contribution in [0.15, 0.2) is 54.7 Å². The van der Waals surface area contributed by atoms with Crippen LogP contribution in [0.25, 0.3) is 10.8 Å². The number of rotatable bonds is 8. The Kier molecular flexibility index (Phi) is 7.03. The number of pyridine rings is 1. The van der Waals surface area contributed by atoms with Crippen LogP contribution in [0.5, 0.6) is 5.75 Å². The predicted octanol–water partition coefficient (Wildman–Crippen LogP) is 3.33. The van der Waals surface area contributed by atoms with E-state index < -0.39 is 35.6 Å². The lowest BCUT2D eigenvalue weighted by Crippen LogP contribution is -2.56. The van der Waals surface area contributed by atoms with Crippen LogP contribution in [0.2, 0.25) is 0 Å². The van der Waals surface area contributed by atoms with Gasteiger partial charge in [0.15, 0.2) is 0 Å². The Morgan fingerprint density at radius 1 is 1.07 bits per heavy atom. The number of benzene rings is 2. The summed E-state index contributed by atoms with van der Waals surface area (Å²) in [6.45, 7) is 5.47. The number of hydroxylamine groups is 2. The number of aromatic nitrogens is 1. The number of ether oxygens (including phenoxy) is 2. The Morgan fingerprint density at radius 3 is 2.38 bits per heavy atom. The molecule has 3 amide bonds. The first-order valence-electron chi connectivity index (χ1n) is 12.6. The van der Waals surface area contributed by atoms with E-state index in [1.165, 1.54) is 17.0 Å². The molecular formula is C28H28N4O8. The summed E-state index contributed by atoms with van der Waals surface area (Å²) in [5, 5.41) is 14.5. The number of carboxylic acid groups (broad SMARTS) is 1. The number of hydrogen-bond donors (Lipinski definition) is 2. The van der Waals surface area contributed by atoms with E-state index in [1.54, 1.807) is 63.4 Å². The number of nitrogens with one attached hydrogen (secondary N) is 1. The van der Waals surface area contributed by atoms with Gasteiger partial charge in [-0.05, 0) is 62.6 Å². The largest absolute Gasteiger partial charge is 0.490 e. The maximum Gasteiger partial charge on any atom is 0.407 e.